The fourth-order valence-corrected chi connectivity index (χ4v) is 6.81. The molecule has 1 fully saturated rings. The summed E-state index contributed by atoms with van der Waals surface area (Å²) in [6.07, 6.45) is 11.3. The molecule has 1 heterocycles. The molecule has 5 rings (SSSR count). The first-order valence-electron chi connectivity index (χ1n) is 16.5. The van der Waals surface area contributed by atoms with E-state index in [1.54, 1.807) is 18.3 Å². The monoisotopic (exact) mass is 636 g/mol. The fraction of sp³-hybridized carbons (Fsp3) is 0.395. The Kier molecular flexibility index (Phi) is 11.2. The van der Waals surface area contributed by atoms with Crippen LogP contribution >= 0.6 is 0 Å². The van der Waals surface area contributed by atoms with Gasteiger partial charge in [0.05, 0.1) is 18.4 Å². The standard InChI is InChI=1S/C38H44N4O5/c39-34(43)23-33-37(47)40-24-27(20-31-12-7-10-29-9-2-3-13-32(29)31)8-6-11-30(28-16-14-26(15-17-28)21-36(45)46)22-35(44)42-38(25-41-33)18-4-1-5-19-38/h2-3,6-7,9-17,25,27,30,33H,1,4-5,8,18-24H2,(H2,39,43)(H,40,47)(H,42,44)(H,45,46)/b11-6+,41-25?/t27-,30-,33-/m0/s1. The molecule has 3 amide bonds. The van der Waals surface area contributed by atoms with Crippen molar-refractivity contribution in [3.8, 4) is 0 Å². The second-order valence-corrected chi connectivity index (χ2v) is 13.0. The third-order valence-corrected chi connectivity index (χ3v) is 9.29. The highest BCUT2D eigenvalue weighted by Gasteiger charge is 2.34. The molecule has 9 nitrogen and oxygen atoms in total. The van der Waals surface area contributed by atoms with Crippen LogP contribution in [0, 0.1) is 5.92 Å². The molecule has 0 radical (unpaired) electrons. The first-order chi connectivity index (χ1) is 22.7. The lowest BCUT2D eigenvalue weighted by molar-refractivity contribution is -0.136. The predicted octanol–water partition coefficient (Wildman–Crippen LogP) is 5.01. The molecule has 246 valence electrons. The van der Waals surface area contributed by atoms with E-state index in [0.717, 1.165) is 35.6 Å². The molecule has 1 aliphatic carbocycles. The molecule has 0 saturated heterocycles. The number of nitrogens with zero attached hydrogens (tertiary/aromatic N) is 1. The van der Waals surface area contributed by atoms with Crippen LogP contribution in [0.3, 0.4) is 0 Å². The highest BCUT2D eigenvalue weighted by atomic mass is 16.4. The minimum Gasteiger partial charge on any atom is -0.481 e. The average Bonchev–Trinajstić information content (AvgIpc) is 3.05. The SMILES string of the molecule is NC(=O)C[C@@H]1N=CC2(CCCCC2)NC(=O)C[C@@H](c2ccc(CC(=O)O)cc2)/C=C/C[C@@H](Cc2cccc3ccccc23)CNC1=O. The molecule has 0 bridgehead atoms. The molecule has 47 heavy (non-hydrogen) atoms. The minimum atomic E-state index is -0.987. The van der Waals surface area contributed by atoms with Crippen LogP contribution in [0.15, 0.2) is 83.9 Å². The Bertz CT molecular complexity index is 1640. The van der Waals surface area contributed by atoms with Crippen molar-refractivity contribution in [3.05, 3.63) is 95.6 Å². The summed E-state index contributed by atoms with van der Waals surface area (Å²) in [5, 5.41) is 17.8. The van der Waals surface area contributed by atoms with Crippen molar-refractivity contribution < 1.29 is 24.3 Å². The number of nitrogens with two attached hydrogens (primary N) is 1. The number of carbonyl (C=O) groups is 4. The summed E-state index contributed by atoms with van der Waals surface area (Å²) >= 11 is 0. The van der Waals surface area contributed by atoms with E-state index in [4.69, 9.17) is 5.73 Å². The average molecular weight is 637 g/mol. The number of aliphatic imine (C=N–C) groups is 1. The number of hydrogen-bond donors (Lipinski definition) is 4. The second-order valence-electron chi connectivity index (χ2n) is 13.0. The maximum atomic E-state index is 13.7. The summed E-state index contributed by atoms with van der Waals surface area (Å²) in [6, 6.07) is 20.9. The third-order valence-electron chi connectivity index (χ3n) is 9.29. The quantitative estimate of drug-likeness (QED) is 0.269. The van der Waals surface area contributed by atoms with Gasteiger partial charge >= 0.3 is 5.97 Å². The van der Waals surface area contributed by atoms with Crippen molar-refractivity contribution in [2.24, 2.45) is 16.6 Å². The Morgan fingerprint density at radius 3 is 2.45 bits per heavy atom. The van der Waals surface area contributed by atoms with Gasteiger partial charge in [-0.2, -0.15) is 0 Å². The number of primary amides is 1. The Labute approximate surface area is 275 Å². The van der Waals surface area contributed by atoms with Gasteiger partial charge in [0.1, 0.15) is 6.04 Å². The number of fused-ring (bicyclic) bond motifs is 1. The number of carboxylic acids is 1. The summed E-state index contributed by atoms with van der Waals surface area (Å²) in [4.78, 5) is 55.0. The second kappa shape index (κ2) is 15.7. The number of benzene rings is 3. The van der Waals surface area contributed by atoms with Crippen LogP contribution in [-0.4, -0.2) is 53.1 Å². The van der Waals surface area contributed by atoms with Gasteiger partial charge in [0, 0.05) is 25.1 Å². The van der Waals surface area contributed by atoms with Crippen LogP contribution in [0.5, 0.6) is 0 Å². The first-order valence-corrected chi connectivity index (χ1v) is 16.5. The Morgan fingerprint density at radius 2 is 1.70 bits per heavy atom. The zero-order valence-corrected chi connectivity index (χ0v) is 26.7. The fourth-order valence-electron chi connectivity index (χ4n) is 6.81. The Morgan fingerprint density at radius 1 is 0.957 bits per heavy atom. The van der Waals surface area contributed by atoms with Gasteiger partial charge in [0.2, 0.25) is 17.7 Å². The maximum absolute atomic E-state index is 13.7. The van der Waals surface area contributed by atoms with E-state index in [0.29, 0.717) is 37.8 Å². The number of amides is 3. The number of rotatable bonds is 7. The van der Waals surface area contributed by atoms with Gasteiger partial charge in [-0.15, -0.1) is 0 Å². The Balaban J connectivity index is 1.48. The summed E-state index contributed by atoms with van der Waals surface area (Å²) in [7, 11) is 0. The maximum Gasteiger partial charge on any atom is 0.307 e. The molecule has 3 aromatic rings. The highest BCUT2D eigenvalue weighted by molar-refractivity contribution is 5.90. The Hall–Kier alpha value is -4.79. The van der Waals surface area contributed by atoms with Gasteiger partial charge in [0.25, 0.3) is 0 Å². The van der Waals surface area contributed by atoms with Gasteiger partial charge in [-0.25, -0.2) is 0 Å². The molecule has 5 N–H and O–H groups in total. The molecule has 2 aliphatic rings. The summed E-state index contributed by atoms with van der Waals surface area (Å²) in [5.41, 5.74) is 7.61. The first kappa shape index (κ1) is 33.6. The number of carbonyl (C=O) groups excluding carboxylic acids is 3. The number of allylic oxidation sites excluding steroid dienone is 2. The van der Waals surface area contributed by atoms with E-state index >= 15 is 0 Å². The van der Waals surface area contributed by atoms with Crippen LogP contribution in [0.25, 0.3) is 10.8 Å². The summed E-state index contributed by atoms with van der Waals surface area (Å²) in [5.74, 6) is -2.24. The highest BCUT2D eigenvalue weighted by Crippen LogP contribution is 2.30. The number of aliphatic carboxylic acids is 1. The molecule has 3 aromatic carbocycles. The smallest absolute Gasteiger partial charge is 0.307 e. The van der Waals surface area contributed by atoms with Gasteiger partial charge in [-0.3, -0.25) is 24.2 Å². The summed E-state index contributed by atoms with van der Waals surface area (Å²) in [6.45, 7) is 0.369. The van der Waals surface area contributed by atoms with Crippen LogP contribution in [0.1, 0.15) is 74.0 Å². The van der Waals surface area contributed by atoms with Crippen LogP contribution < -0.4 is 16.4 Å². The molecule has 1 aliphatic heterocycles. The lowest BCUT2D eigenvalue weighted by Gasteiger charge is -2.35. The predicted molar refractivity (Wildman–Crippen MR) is 183 cm³/mol. The van der Waals surface area contributed by atoms with Crippen molar-refractivity contribution in [1.29, 1.82) is 0 Å². The number of hydrogen-bond acceptors (Lipinski definition) is 5. The van der Waals surface area contributed by atoms with Gasteiger partial charge in [-0.05, 0) is 59.1 Å². The van der Waals surface area contributed by atoms with E-state index in [1.807, 2.05) is 30.3 Å². The van der Waals surface area contributed by atoms with Gasteiger partial charge < -0.3 is 21.5 Å². The zero-order chi connectivity index (χ0) is 33.2. The van der Waals surface area contributed by atoms with Gasteiger partial charge in [-0.1, -0.05) is 98.1 Å². The third kappa shape index (κ3) is 9.37. The molecule has 0 aromatic heterocycles. The number of nitrogens with one attached hydrogen (secondary N) is 2. The molecule has 1 saturated carbocycles. The van der Waals surface area contributed by atoms with Crippen LogP contribution in [0.4, 0.5) is 0 Å². The normalized spacial score (nSPS) is 22.9. The lowest BCUT2D eigenvalue weighted by atomic mass is 9.82. The van der Waals surface area contributed by atoms with E-state index in [2.05, 4.69) is 52.0 Å². The summed E-state index contributed by atoms with van der Waals surface area (Å²) < 4.78 is 0. The van der Waals surface area contributed by atoms with Crippen LogP contribution in [-0.2, 0) is 32.0 Å². The largest absolute Gasteiger partial charge is 0.481 e. The molecule has 3 atom stereocenters. The van der Waals surface area contributed by atoms with Crippen molar-refractivity contribution >= 4 is 40.7 Å². The zero-order valence-electron chi connectivity index (χ0n) is 26.7. The molecule has 1 spiro atoms. The van der Waals surface area contributed by atoms with Crippen LogP contribution in [0.2, 0.25) is 0 Å². The lowest BCUT2D eigenvalue weighted by Crippen LogP contribution is -2.52. The van der Waals surface area contributed by atoms with Gasteiger partial charge in [0.15, 0.2) is 0 Å². The molecule has 0 unspecified atom stereocenters. The molecular formula is C38H44N4O5. The van der Waals surface area contributed by atoms with E-state index in [1.165, 1.54) is 5.56 Å². The van der Waals surface area contributed by atoms with Crippen molar-refractivity contribution in [2.45, 2.75) is 81.7 Å². The van der Waals surface area contributed by atoms with E-state index in [-0.39, 0.29) is 42.9 Å². The minimum absolute atomic E-state index is 0.0152. The number of carboxylic acid groups (broad SMARTS) is 1. The molecular weight excluding hydrogens is 592 g/mol. The van der Waals surface area contributed by atoms with Crippen molar-refractivity contribution in [1.82, 2.24) is 10.6 Å². The van der Waals surface area contributed by atoms with E-state index < -0.39 is 23.5 Å². The van der Waals surface area contributed by atoms with Crippen molar-refractivity contribution in [3.63, 3.8) is 0 Å². The van der Waals surface area contributed by atoms with Crippen molar-refractivity contribution in [2.75, 3.05) is 6.54 Å². The van der Waals surface area contributed by atoms with E-state index in [9.17, 15) is 24.3 Å². The molecule has 9 heteroatoms. The topological polar surface area (TPSA) is 151 Å².